The van der Waals surface area contributed by atoms with Gasteiger partial charge >= 0.3 is 0 Å². The van der Waals surface area contributed by atoms with Crippen LogP contribution in [0.4, 0.5) is 5.82 Å². The monoisotopic (exact) mass is 351 g/mol. The average molecular weight is 351 g/mol. The Balaban J connectivity index is 1.72. The smallest absolute Gasteiger partial charge is 0.167 e. The Morgan fingerprint density at radius 2 is 1.96 bits per heavy atom. The van der Waals surface area contributed by atoms with E-state index in [2.05, 4.69) is 15.0 Å². The molecule has 2 aliphatic rings. The van der Waals surface area contributed by atoms with Crippen LogP contribution in [0, 0.1) is 0 Å². The zero-order valence-corrected chi connectivity index (χ0v) is 13.5. The van der Waals surface area contributed by atoms with Crippen molar-refractivity contribution in [2.24, 2.45) is 0 Å². The maximum absolute atomic E-state index is 10.2. The van der Waals surface area contributed by atoms with E-state index in [0.717, 1.165) is 19.4 Å². The molecular formula is C15H21N5O5. The molecule has 4 unspecified atom stereocenters. The van der Waals surface area contributed by atoms with Crippen molar-refractivity contribution in [3.05, 3.63) is 12.7 Å². The van der Waals surface area contributed by atoms with Crippen molar-refractivity contribution in [3.63, 3.8) is 0 Å². The fourth-order valence-corrected chi connectivity index (χ4v) is 3.65. The van der Waals surface area contributed by atoms with Crippen LogP contribution < -0.4 is 4.90 Å². The van der Waals surface area contributed by atoms with Crippen molar-refractivity contribution >= 4 is 17.0 Å². The minimum absolute atomic E-state index is 0.00263. The van der Waals surface area contributed by atoms with E-state index in [1.807, 2.05) is 4.90 Å². The van der Waals surface area contributed by atoms with Gasteiger partial charge in [0, 0.05) is 6.54 Å². The van der Waals surface area contributed by atoms with E-state index >= 15 is 0 Å². The fourth-order valence-electron chi connectivity index (χ4n) is 3.65. The van der Waals surface area contributed by atoms with E-state index < -0.39 is 31.1 Å². The highest BCUT2D eigenvalue weighted by atomic mass is 16.6. The normalized spacial score (nSPS) is 32.8. The van der Waals surface area contributed by atoms with Crippen molar-refractivity contribution in [1.29, 1.82) is 0 Å². The Hall–Kier alpha value is -1.85. The lowest BCUT2D eigenvalue weighted by Gasteiger charge is -2.24. The van der Waals surface area contributed by atoms with Gasteiger partial charge in [0.2, 0.25) is 0 Å². The van der Waals surface area contributed by atoms with E-state index in [0.29, 0.717) is 17.0 Å². The molecule has 136 valence electrons. The van der Waals surface area contributed by atoms with Gasteiger partial charge in [0.25, 0.3) is 0 Å². The molecule has 5 atom stereocenters. The zero-order chi connectivity index (χ0) is 17.6. The van der Waals surface area contributed by atoms with Crippen LogP contribution in [0.1, 0.15) is 19.1 Å². The molecule has 0 radical (unpaired) electrons. The lowest BCUT2D eigenvalue weighted by molar-refractivity contribution is -0.0511. The molecule has 25 heavy (non-hydrogen) atoms. The molecular weight excluding hydrogens is 330 g/mol. The van der Waals surface area contributed by atoms with Gasteiger partial charge in [0.1, 0.15) is 24.6 Å². The van der Waals surface area contributed by atoms with Gasteiger partial charge in [-0.25, -0.2) is 15.0 Å². The summed E-state index contributed by atoms with van der Waals surface area (Å²) in [7, 11) is 0. The van der Waals surface area contributed by atoms with Crippen LogP contribution in [0.3, 0.4) is 0 Å². The average Bonchev–Trinajstić information content (AvgIpc) is 3.33. The minimum Gasteiger partial charge on any atom is -0.394 e. The zero-order valence-electron chi connectivity index (χ0n) is 13.5. The van der Waals surface area contributed by atoms with Crippen molar-refractivity contribution in [3.8, 4) is 0 Å². The SMILES string of the molecule is OCC1OC(n2cnc3c(N4CCC[C@H]4CO)ncnc32)C(O)C1O. The lowest BCUT2D eigenvalue weighted by atomic mass is 10.1. The molecule has 2 aliphatic heterocycles. The summed E-state index contributed by atoms with van der Waals surface area (Å²) >= 11 is 0. The van der Waals surface area contributed by atoms with Gasteiger partial charge in [-0.15, -0.1) is 0 Å². The summed E-state index contributed by atoms with van der Waals surface area (Å²) in [4.78, 5) is 15.0. The Labute approximate surface area is 143 Å². The highest BCUT2D eigenvalue weighted by Gasteiger charge is 2.44. The first-order valence-corrected chi connectivity index (χ1v) is 8.33. The van der Waals surface area contributed by atoms with Crippen molar-refractivity contribution in [1.82, 2.24) is 19.5 Å². The molecule has 2 aromatic rings. The lowest BCUT2D eigenvalue weighted by Crippen LogP contribution is -2.33. The number of aliphatic hydroxyl groups is 4. The maximum Gasteiger partial charge on any atom is 0.167 e. The predicted molar refractivity (Wildman–Crippen MR) is 85.8 cm³/mol. The number of imidazole rings is 1. The van der Waals surface area contributed by atoms with E-state index in [4.69, 9.17) is 4.74 Å². The number of fused-ring (bicyclic) bond motifs is 1. The van der Waals surface area contributed by atoms with Gasteiger partial charge in [-0.05, 0) is 12.8 Å². The molecule has 4 N–H and O–H groups in total. The van der Waals surface area contributed by atoms with Gasteiger partial charge in [-0.3, -0.25) is 4.57 Å². The molecule has 2 fully saturated rings. The number of nitrogens with zero attached hydrogens (tertiary/aromatic N) is 5. The molecule has 0 amide bonds. The van der Waals surface area contributed by atoms with E-state index in [1.54, 1.807) is 0 Å². The summed E-state index contributed by atoms with van der Waals surface area (Å²) in [5.41, 5.74) is 1.00. The third-order valence-electron chi connectivity index (χ3n) is 4.99. The molecule has 0 aliphatic carbocycles. The summed E-state index contributed by atoms with van der Waals surface area (Å²) in [6.45, 7) is 0.423. The quantitative estimate of drug-likeness (QED) is 0.513. The third kappa shape index (κ3) is 2.57. The van der Waals surface area contributed by atoms with Gasteiger partial charge in [-0.1, -0.05) is 0 Å². The van der Waals surface area contributed by atoms with E-state index in [9.17, 15) is 20.4 Å². The molecule has 2 saturated heterocycles. The summed E-state index contributed by atoms with van der Waals surface area (Å²) in [5.74, 6) is 0.632. The largest absolute Gasteiger partial charge is 0.394 e. The standard InChI is InChI=1S/C15H21N5O5/c21-4-8-2-1-3-19(8)13-10-14(17-6-16-13)20(7-18-10)15-12(24)11(23)9(5-22)25-15/h6-9,11-12,15,21-24H,1-5H2/t8-,9?,11?,12?,15?/m0/s1. The second-order valence-corrected chi connectivity index (χ2v) is 6.42. The van der Waals surface area contributed by atoms with Gasteiger partial charge in [0.15, 0.2) is 23.2 Å². The minimum atomic E-state index is -1.20. The van der Waals surface area contributed by atoms with Crippen LogP contribution in [-0.4, -0.2) is 84.1 Å². The maximum atomic E-state index is 10.2. The molecule has 2 aromatic heterocycles. The van der Waals surface area contributed by atoms with Crippen molar-refractivity contribution < 1.29 is 25.2 Å². The second-order valence-electron chi connectivity index (χ2n) is 6.42. The molecule has 4 rings (SSSR count). The highest BCUT2D eigenvalue weighted by Crippen LogP contribution is 2.34. The Kier molecular flexibility index (Phi) is 4.29. The van der Waals surface area contributed by atoms with Crippen LogP contribution in [0.15, 0.2) is 12.7 Å². The Morgan fingerprint density at radius 1 is 1.12 bits per heavy atom. The number of aromatic nitrogens is 4. The summed E-state index contributed by atoms with van der Waals surface area (Å²) in [6.07, 6.45) is 0.584. The van der Waals surface area contributed by atoms with E-state index in [-0.39, 0.29) is 12.6 Å². The second kappa shape index (κ2) is 6.46. The van der Waals surface area contributed by atoms with Crippen molar-refractivity contribution in [2.45, 2.75) is 43.4 Å². The first-order chi connectivity index (χ1) is 12.2. The van der Waals surface area contributed by atoms with Gasteiger partial charge < -0.3 is 30.1 Å². The van der Waals surface area contributed by atoms with Crippen molar-refractivity contribution in [2.75, 3.05) is 24.7 Å². The molecule has 10 nitrogen and oxygen atoms in total. The highest BCUT2D eigenvalue weighted by molar-refractivity contribution is 5.83. The first-order valence-electron chi connectivity index (χ1n) is 8.33. The van der Waals surface area contributed by atoms with Gasteiger partial charge in [-0.2, -0.15) is 0 Å². The Bertz CT molecular complexity index is 755. The number of ether oxygens (including phenoxy) is 1. The molecule has 0 spiro atoms. The molecule has 4 heterocycles. The van der Waals surface area contributed by atoms with Crippen LogP contribution in [0.5, 0.6) is 0 Å². The molecule has 0 aromatic carbocycles. The summed E-state index contributed by atoms with van der Waals surface area (Å²) in [5, 5.41) is 39.0. The number of anilines is 1. The van der Waals surface area contributed by atoms with Crippen LogP contribution >= 0.6 is 0 Å². The molecule has 10 heteroatoms. The van der Waals surface area contributed by atoms with Crippen LogP contribution in [-0.2, 0) is 4.74 Å². The number of rotatable bonds is 4. The first kappa shape index (κ1) is 16.6. The van der Waals surface area contributed by atoms with Crippen LogP contribution in [0.2, 0.25) is 0 Å². The number of aliphatic hydroxyl groups excluding tert-OH is 4. The molecule has 0 bridgehead atoms. The molecule has 0 saturated carbocycles. The predicted octanol–water partition coefficient (Wildman–Crippen LogP) is -1.60. The topological polar surface area (TPSA) is 137 Å². The Morgan fingerprint density at radius 3 is 2.68 bits per heavy atom. The van der Waals surface area contributed by atoms with E-state index in [1.165, 1.54) is 17.2 Å². The summed E-state index contributed by atoms with van der Waals surface area (Å²) in [6, 6.07) is -0.00263. The number of hydrogen-bond acceptors (Lipinski definition) is 9. The fraction of sp³-hybridized carbons (Fsp3) is 0.667. The van der Waals surface area contributed by atoms with Gasteiger partial charge in [0.05, 0.1) is 25.6 Å². The van der Waals surface area contributed by atoms with Crippen LogP contribution in [0.25, 0.3) is 11.2 Å². The third-order valence-corrected chi connectivity index (χ3v) is 4.99. The number of hydrogen-bond donors (Lipinski definition) is 4. The summed E-state index contributed by atoms with van der Waals surface area (Å²) < 4.78 is 7.09.